The van der Waals surface area contributed by atoms with Crippen molar-refractivity contribution in [2.75, 3.05) is 10.2 Å². The third-order valence-electron chi connectivity index (χ3n) is 3.94. The predicted octanol–water partition coefficient (Wildman–Crippen LogP) is 3.50. The Labute approximate surface area is 129 Å². The summed E-state index contributed by atoms with van der Waals surface area (Å²) in [7, 11) is 0. The number of carbonyl (C=O) groups is 2. The van der Waals surface area contributed by atoms with Crippen LogP contribution in [0, 0.1) is 6.92 Å². The minimum absolute atomic E-state index is 0.0134. The van der Waals surface area contributed by atoms with Gasteiger partial charge in [-0.3, -0.25) is 9.59 Å². The highest BCUT2D eigenvalue weighted by atomic mass is 16.2. The fourth-order valence-corrected chi connectivity index (χ4v) is 2.66. The van der Waals surface area contributed by atoms with Crippen molar-refractivity contribution >= 4 is 23.2 Å². The molecule has 0 spiro atoms. The summed E-state index contributed by atoms with van der Waals surface area (Å²) in [4.78, 5) is 25.7. The first kappa shape index (κ1) is 14.3. The van der Waals surface area contributed by atoms with Gasteiger partial charge in [0.05, 0.1) is 6.54 Å². The molecule has 0 saturated heterocycles. The van der Waals surface area contributed by atoms with Crippen LogP contribution in [0.2, 0.25) is 0 Å². The van der Waals surface area contributed by atoms with Crippen LogP contribution in [0.25, 0.3) is 0 Å². The minimum atomic E-state index is -0.0134. The van der Waals surface area contributed by atoms with E-state index in [0.29, 0.717) is 13.0 Å². The zero-order valence-corrected chi connectivity index (χ0v) is 12.7. The summed E-state index contributed by atoms with van der Waals surface area (Å²) in [5.41, 5.74) is 4.41. The summed E-state index contributed by atoms with van der Waals surface area (Å²) in [6, 6.07) is 13.3. The monoisotopic (exact) mass is 294 g/mol. The van der Waals surface area contributed by atoms with E-state index < -0.39 is 0 Å². The molecule has 2 aromatic carbocycles. The van der Waals surface area contributed by atoms with Crippen LogP contribution in [0.15, 0.2) is 42.5 Å². The van der Waals surface area contributed by atoms with Crippen molar-refractivity contribution in [3.63, 3.8) is 0 Å². The molecule has 2 amide bonds. The van der Waals surface area contributed by atoms with Gasteiger partial charge >= 0.3 is 0 Å². The lowest BCUT2D eigenvalue weighted by molar-refractivity contribution is -0.115. The Bertz CT molecular complexity index is 753. The van der Waals surface area contributed by atoms with E-state index in [0.717, 1.165) is 28.1 Å². The molecule has 0 saturated carbocycles. The van der Waals surface area contributed by atoms with E-state index in [4.69, 9.17) is 0 Å². The molecule has 1 N–H and O–H groups in total. The Morgan fingerprint density at radius 2 is 2.00 bits per heavy atom. The smallest absolute Gasteiger partial charge is 0.258 e. The van der Waals surface area contributed by atoms with E-state index in [9.17, 15) is 9.59 Å². The highest BCUT2D eigenvalue weighted by Crippen LogP contribution is 2.30. The van der Waals surface area contributed by atoms with Gasteiger partial charge in [-0.1, -0.05) is 25.1 Å². The Kier molecular flexibility index (Phi) is 3.67. The average molecular weight is 294 g/mol. The number of amides is 2. The molecule has 0 aromatic heterocycles. The molecule has 0 aliphatic carbocycles. The molecular weight excluding hydrogens is 276 g/mol. The fraction of sp³-hybridized carbons (Fsp3) is 0.222. The second kappa shape index (κ2) is 5.64. The van der Waals surface area contributed by atoms with E-state index in [-0.39, 0.29) is 11.8 Å². The largest absolute Gasteiger partial charge is 0.326 e. The number of aryl methyl sites for hydroxylation is 1. The summed E-state index contributed by atoms with van der Waals surface area (Å²) in [6.07, 6.45) is 0.446. The molecule has 0 unspecified atom stereocenters. The van der Waals surface area contributed by atoms with Gasteiger partial charge in [-0.05, 0) is 42.3 Å². The van der Waals surface area contributed by atoms with Crippen LogP contribution < -0.4 is 10.2 Å². The number of carbonyl (C=O) groups excluding carboxylic acids is 2. The minimum Gasteiger partial charge on any atom is -0.326 e. The average Bonchev–Trinajstić information content (AvgIpc) is 2.86. The van der Waals surface area contributed by atoms with Gasteiger partial charge in [-0.25, -0.2) is 0 Å². The molecule has 22 heavy (non-hydrogen) atoms. The van der Waals surface area contributed by atoms with Crippen LogP contribution in [-0.2, 0) is 11.3 Å². The third kappa shape index (κ3) is 2.48. The van der Waals surface area contributed by atoms with Gasteiger partial charge in [0.1, 0.15) is 0 Å². The van der Waals surface area contributed by atoms with E-state index >= 15 is 0 Å². The summed E-state index contributed by atoms with van der Waals surface area (Å²) in [5.74, 6) is 0.0147. The summed E-state index contributed by atoms with van der Waals surface area (Å²) in [5, 5.41) is 2.86. The van der Waals surface area contributed by atoms with Crippen molar-refractivity contribution in [3.05, 3.63) is 59.2 Å². The molecule has 4 heteroatoms. The van der Waals surface area contributed by atoms with Gasteiger partial charge in [0.25, 0.3) is 5.91 Å². The quantitative estimate of drug-likeness (QED) is 0.941. The zero-order chi connectivity index (χ0) is 15.7. The Hall–Kier alpha value is -2.62. The molecular formula is C18H18N2O2. The predicted molar refractivity (Wildman–Crippen MR) is 87.1 cm³/mol. The zero-order valence-electron chi connectivity index (χ0n) is 12.7. The second-order valence-corrected chi connectivity index (χ2v) is 5.45. The molecule has 0 bridgehead atoms. The number of benzene rings is 2. The van der Waals surface area contributed by atoms with Crippen molar-refractivity contribution < 1.29 is 9.59 Å². The summed E-state index contributed by atoms with van der Waals surface area (Å²) in [6.45, 7) is 4.34. The summed E-state index contributed by atoms with van der Waals surface area (Å²) >= 11 is 0. The Balaban J connectivity index is 1.87. The van der Waals surface area contributed by atoms with Crippen molar-refractivity contribution in [1.82, 2.24) is 0 Å². The lowest BCUT2D eigenvalue weighted by Gasteiger charge is -2.18. The Morgan fingerprint density at radius 1 is 1.23 bits per heavy atom. The van der Waals surface area contributed by atoms with Gasteiger partial charge in [-0.15, -0.1) is 0 Å². The van der Waals surface area contributed by atoms with Crippen molar-refractivity contribution in [1.29, 1.82) is 0 Å². The number of fused-ring (bicyclic) bond motifs is 1. The maximum Gasteiger partial charge on any atom is 0.258 e. The molecule has 1 heterocycles. The number of hydrogen-bond acceptors (Lipinski definition) is 2. The summed E-state index contributed by atoms with van der Waals surface area (Å²) < 4.78 is 0. The maximum absolute atomic E-state index is 12.5. The number of nitrogens with one attached hydrogen (secondary N) is 1. The van der Waals surface area contributed by atoms with Crippen LogP contribution in [0.4, 0.5) is 11.4 Å². The maximum atomic E-state index is 12.5. The number of nitrogens with zero attached hydrogens (tertiary/aromatic N) is 1. The van der Waals surface area contributed by atoms with Crippen LogP contribution >= 0.6 is 0 Å². The third-order valence-corrected chi connectivity index (χ3v) is 3.94. The molecule has 1 aliphatic heterocycles. The highest BCUT2D eigenvalue weighted by Gasteiger charge is 2.28. The number of hydrogen-bond donors (Lipinski definition) is 1. The SMILES string of the molecule is CCC(=O)Nc1ccc(N2Cc3ccccc3C2=O)cc1C. The van der Waals surface area contributed by atoms with Gasteiger partial charge < -0.3 is 10.2 Å². The van der Waals surface area contributed by atoms with Gasteiger partial charge in [0, 0.05) is 23.4 Å². The first-order chi connectivity index (χ1) is 10.6. The molecule has 112 valence electrons. The molecule has 1 aliphatic rings. The highest BCUT2D eigenvalue weighted by molar-refractivity contribution is 6.10. The Morgan fingerprint density at radius 3 is 2.68 bits per heavy atom. The van der Waals surface area contributed by atoms with Crippen LogP contribution in [0.1, 0.15) is 34.8 Å². The normalized spacial score (nSPS) is 13.2. The van der Waals surface area contributed by atoms with Gasteiger partial charge in [-0.2, -0.15) is 0 Å². The van der Waals surface area contributed by atoms with Crippen molar-refractivity contribution in [3.8, 4) is 0 Å². The lowest BCUT2D eigenvalue weighted by Crippen LogP contribution is -2.23. The van der Waals surface area contributed by atoms with Crippen LogP contribution in [0.3, 0.4) is 0 Å². The van der Waals surface area contributed by atoms with E-state index in [2.05, 4.69) is 5.32 Å². The van der Waals surface area contributed by atoms with Crippen LogP contribution in [-0.4, -0.2) is 11.8 Å². The molecule has 0 fully saturated rings. The van der Waals surface area contributed by atoms with Gasteiger partial charge in [0.2, 0.25) is 5.91 Å². The van der Waals surface area contributed by atoms with E-state index in [1.807, 2.05) is 56.3 Å². The van der Waals surface area contributed by atoms with Crippen LogP contribution in [0.5, 0.6) is 0 Å². The molecule has 0 atom stereocenters. The van der Waals surface area contributed by atoms with E-state index in [1.165, 1.54) is 0 Å². The van der Waals surface area contributed by atoms with Crippen molar-refractivity contribution in [2.24, 2.45) is 0 Å². The molecule has 2 aromatic rings. The molecule has 4 nitrogen and oxygen atoms in total. The van der Waals surface area contributed by atoms with E-state index in [1.54, 1.807) is 4.90 Å². The van der Waals surface area contributed by atoms with Crippen molar-refractivity contribution in [2.45, 2.75) is 26.8 Å². The standard InChI is InChI=1S/C18H18N2O2/c1-3-17(21)19-16-9-8-14(10-12(16)2)20-11-13-6-4-5-7-15(13)18(20)22/h4-10H,3,11H2,1-2H3,(H,19,21). The number of rotatable bonds is 3. The first-order valence-corrected chi connectivity index (χ1v) is 7.40. The van der Waals surface area contributed by atoms with Gasteiger partial charge in [0.15, 0.2) is 0 Å². The molecule has 0 radical (unpaired) electrons. The molecule has 3 rings (SSSR count). The fourth-order valence-electron chi connectivity index (χ4n) is 2.66. The topological polar surface area (TPSA) is 49.4 Å². The second-order valence-electron chi connectivity index (χ2n) is 5.45. The lowest BCUT2D eigenvalue weighted by atomic mass is 10.1. The first-order valence-electron chi connectivity index (χ1n) is 7.40. The number of anilines is 2.